The van der Waals surface area contributed by atoms with Gasteiger partial charge in [-0.15, -0.1) is 0 Å². The van der Waals surface area contributed by atoms with Gasteiger partial charge in [0.15, 0.2) is 0 Å². The lowest BCUT2D eigenvalue weighted by molar-refractivity contribution is -0.121. The number of para-hydroxylation sites is 1. The minimum absolute atomic E-state index is 0.110. The van der Waals surface area contributed by atoms with Gasteiger partial charge in [0, 0.05) is 11.3 Å². The third kappa shape index (κ3) is 3.22. The number of rotatable bonds is 3. The van der Waals surface area contributed by atoms with Crippen LogP contribution in [-0.4, -0.2) is 17.4 Å². The lowest BCUT2D eigenvalue weighted by Gasteiger charge is -2.26. The minimum atomic E-state index is 0.110. The van der Waals surface area contributed by atoms with Crippen molar-refractivity contribution in [2.24, 2.45) is 17.6 Å². The van der Waals surface area contributed by atoms with E-state index in [0.29, 0.717) is 5.92 Å². The fraction of sp³-hybridized carbons (Fsp3) is 0.412. The first-order valence-electron chi connectivity index (χ1n) is 7.62. The fourth-order valence-corrected chi connectivity index (χ4v) is 3.04. The lowest BCUT2D eigenvalue weighted by Crippen LogP contribution is -2.29. The molecular weight excluding hydrogens is 262 g/mol. The highest BCUT2D eigenvalue weighted by atomic mass is 16.1. The van der Waals surface area contributed by atoms with E-state index < -0.39 is 0 Å². The van der Waals surface area contributed by atoms with Crippen LogP contribution in [0.15, 0.2) is 36.5 Å². The summed E-state index contributed by atoms with van der Waals surface area (Å²) in [4.78, 5) is 16.7. The van der Waals surface area contributed by atoms with E-state index in [2.05, 4.69) is 10.3 Å². The van der Waals surface area contributed by atoms with Crippen LogP contribution >= 0.6 is 0 Å². The summed E-state index contributed by atoms with van der Waals surface area (Å²) in [5.74, 6) is 0.818. The summed E-state index contributed by atoms with van der Waals surface area (Å²) in [5.41, 5.74) is 7.41. The van der Waals surface area contributed by atoms with Gasteiger partial charge in [0.25, 0.3) is 0 Å². The maximum Gasteiger partial charge on any atom is 0.227 e. The van der Waals surface area contributed by atoms with Crippen molar-refractivity contribution in [3.05, 3.63) is 36.5 Å². The third-order valence-electron chi connectivity index (χ3n) is 4.41. The highest BCUT2D eigenvalue weighted by Crippen LogP contribution is 2.29. The Labute approximate surface area is 124 Å². The van der Waals surface area contributed by atoms with Gasteiger partial charge in [-0.1, -0.05) is 18.2 Å². The number of pyridine rings is 1. The normalized spacial score (nSPS) is 22.1. The Kier molecular flexibility index (Phi) is 4.15. The number of amides is 1. The van der Waals surface area contributed by atoms with Crippen LogP contribution < -0.4 is 11.1 Å². The zero-order valence-electron chi connectivity index (χ0n) is 12.1. The number of fused-ring (bicyclic) bond motifs is 1. The van der Waals surface area contributed by atoms with Crippen molar-refractivity contribution in [3.63, 3.8) is 0 Å². The second-order valence-electron chi connectivity index (χ2n) is 5.86. The molecule has 1 saturated carbocycles. The molecule has 4 heteroatoms. The number of nitrogens with zero attached hydrogens (tertiary/aromatic N) is 1. The molecule has 1 aromatic carbocycles. The van der Waals surface area contributed by atoms with E-state index in [-0.39, 0.29) is 11.8 Å². The monoisotopic (exact) mass is 283 g/mol. The van der Waals surface area contributed by atoms with Crippen molar-refractivity contribution >= 4 is 22.5 Å². The first-order valence-corrected chi connectivity index (χ1v) is 7.62. The molecule has 1 fully saturated rings. The molecule has 1 aliphatic carbocycles. The first-order chi connectivity index (χ1) is 10.3. The molecule has 110 valence electrons. The van der Waals surface area contributed by atoms with Gasteiger partial charge < -0.3 is 11.1 Å². The Morgan fingerprint density at radius 3 is 2.76 bits per heavy atom. The van der Waals surface area contributed by atoms with Gasteiger partial charge in [0.05, 0.1) is 17.4 Å². The molecule has 1 aliphatic rings. The van der Waals surface area contributed by atoms with E-state index >= 15 is 0 Å². The Morgan fingerprint density at radius 2 is 2.00 bits per heavy atom. The van der Waals surface area contributed by atoms with Crippen molar-refractivity contribution < 1.29 is 4.79 Å². The van der Waals surface area contributed by atoms with Crippen LogP contribution in [0.1, 0.15) is 25.7 Å². The highest BCUT2D eigenvalue weighted by molar-refractivity contribution is 5.94. The summed E-state index contributed by atoms with van der Waals surface area (Å²) in [6.07, 6.45) is 5.73. The number of hydrogen-bond donors (Lipinski definition) is 2. The average Bonchev–Trinajstić information content (AvgIpc) is 2.55. The predicted octanol–water partition coefficient (Wildman–Crippen LogP) is 2.94. The van der Waals surface area contributed by atoms with Crippen molar-refractivity contribution in [3.8, 4) is 0 Å². The van der Waals surface area contributed by atoms with Gasteiger partial charge in [-0.05, 0) is 50.3 Å². The van der Waals surface area contributed by atoms with Crippen LogP contribution in [0.3, 0.4) is 0 Å². The van der Waals surface area contributed by atoms with E-state index in [9.17, 15) is 4.79 Å². The molecule has 1 heterocycles. The molecule has 4 nitrogen and oxygen atoms in total. The SMILES string of the molecule is NCC1CCC(C(=O)Nc2cnc3ccccc3c2)CC1. The van der Waals surface area contributed by atoms with E-state index in [1.807, 2.05) is 30.3 Å². The minimum Gasteiger partial charge on any atom is -0.330 e. The van der Waals surface area contributed by atoms with Crippen LogP contribution in [-0.2, 0) is 4.79 Å². The van der Waals surface area contributed by atoms with Crippen molar-refractivity contribution in [2.75, 3.05) is 11.9 Å². The maximum absolute atomic E-state index is 12.3. The van der Waals surface area contributed by atoms with Gasteiger partial charge >= 0.3 is 0 Å². The Morgan fingerprint density at radius 1 is 1.24 bits per heavy atom. The van der Waals surface area contributed by atoms with Crippen LogP contribution in [0.25, 0.3) is 10.9 Å². The molecule has 0 saturated heterocycles. The number of hydrogen-bond acceptors (Lipinski definition) is 3. The van der Waals surface area contributed by atoms with Crippen LogP contribution in [0.2, 0.25) is 0 Å². The summed E-state index contributed by atoms with van der Waals surface area (Å²) in [6, 6.07) is 9.89. The zero-order valence-corrected chi connectivity index (χ0v) is 12.1. The second-order valence-corrected chi connectivity index (χ2v) is 5.86. The van der Waals surface area contributed by atoms with Crippen molar-refractivity contribution in [1.29, 1.82) is 0 Å². The predicted molar refractivity (Wildman–Crippen MR) is 84.9 cm³/mol. The van der Waals surface area contributed by atoms with Gasteiger partial charge in [-0.3, -0.25) is 9.78 Å². The van der Waals surface area contributed by atoms with E-state index in [1.54, 1.807) is 6.20 Å². The molecule has 0 bridgehead atoms. The number of benzene rings is 1. The second kappa shape index (κ2) is 6.22. The largest absolute Gasteiger partial charge is 0.330 e. The maximum atomic E-state index is 12.3. The van der Waals surface area contributed by atoms with E-state index in [0.717, 1.165) is 48.8 Å². The van der Waals surface area contributed by atoms with Gasteiger partial charge in [0.2, 0.25) is 5.91 Å². The number of carbonyl (C=O) groups is 1. The molecule has 1 aromatic heterocycles. The zero-order chi connectivity index (χ0) is 14.7. The molecule has 1 amide bonds. The Bertz CT molecular complexity index is 633. The summed E-state index contributed by atoms with van der Waals surface area (Å²) < 4.78 is 0. The fourth-order valence-electron chi connectivity index (χ4n) is 3.04. The Balaban J connectivity index is 1.66. The Hall–Kier alpha value is -1.94. The topological polar surface area (TPSA) is 68.0 Å². The molecule has 21 heavy (non-hydrogen) atoms. The van der Waals surface area contributed by atoms with E-state index in [1.165, 1.54) is 0 Å². The molecule has 0 atom stereocenters. The summed E-state index contributed by atoms with van der Waals surface area (Å²) >= 11 is 0. The van der Waals surface area contributed by atoms with Crippen LogP contribution in [0, 0.1) is 11.8 Å². The summed E-state index contributed by atoms with van der Waals surface area (Å²) in [7, 11) is 0. The van der Waals surface area contributed by atoms with Crippen LogP contribution in [0.4, 0.5) is 5.69 Å². The van der Waals surface area contributed by atoms with Crippen LogP contribution in [0.5, 0.6) is 0 Å². The molecule has 3 N–H and O–H groups in total. The standard InChI is InChI=1S/C17H21N3O/c18-10-12-5-7-13(8-6-12)17(21)20-15-9-14-3-1-2-4-16(14)19-11-15/h1-4,9,11-13H,5-8,10,18H2,(H,20,21). The molecular formula is C17H21N3O. The smallest absolute Gasteiger partial charge is 0.227 e. The number of aromatic nitrogens is 1. The molecule has 0 aliphatic heterocycles. The molecule has 3 rings (SSSR count). The summed E-state index contributed by atoms with van der Waals surface area (Å²) in [6.45, 7) is 0.739. The summed E-state index contributed by atoms with van der Waals surface area (Å²) in [5, 5.41) is 4.05. The van der Waals surface area contributed by atoms with Gasteiger partial charge in [-0.2, -0.15) is 0 Å². The van der Waals surface area contributed by atoms with E-state index in [4.69, 9.17) is 5.73 Å². The number of anilines is 1. The first kappa shape index (κ1) is 14.0. The van der Waals surface area contributed by atoms with Gasteiger partial charge in [-0.25, -0.2) is 0 Å². The highest BCUT2D eigenvalue weighted by Gasteiger charge is 2.25. The quantitative estimate of drug-likeness (QED) is 0.910. The average molecular weight is 283 g/mol. The number of nitrogens with two attached hydrogens (primary N) is 1. The van der Waals surface area contributed by atoms with Gasteiger partial charge in [0.1, 0.15) is 0 Å². The third-order valence-corrected chi connectivity index (χ3v) is 4.41. The molecule has 0 radical (unpaired) electrons. The molecule has 0 spiro atoms. The van der Waals surface area contributed by atoms with Crippen molar-refractivity contribution in [2.45, 2.75) is 25.7 Å². The number of carbonyl (C=O) groups excluding carboxylic acids is 1. The molecule has 0 unspecified atom stereocenters. The molecule has 2 aromatic rings. The van der Waals surface area contributed by atoms with Crippen molar-refractivity contribution in [1.82, 2.24) is 4.98 Å². The lowest BCUT2D eigenvalue weighted by atomic mass is 9.81. The number of nitrogens with one attached hydrogen (secondary N) is 1.